The highest BCUT2D eigenvalue weighted by Crippen LogP contribution is 2.38. The monoisotopic (exact) mass is 225 g/mol. The standard InChI is InChI=1S/C12H15NO.ClH/c1-2-4-11-10(3-1)9-13-12(11)5-7-14-8-6-12;/h1-4,13H,5-9H2;1H. The summed E-state index contributed by atoms with van der Waals surface area (Å²) in [4.78, 5) is 0. The predicted molar refractivity (Wildman–Crippen MR) is 62.3 cm³/mol. The van der Waals surface area contributed by atoms with Gasteiger partial charge < -0.3 is 10.1 Å². The first-order chi connectivity index (χ1) is 6.91. The molecule has 1 N–H and O–H groups in total. The molecule has 2 aliphatic rings. The van der Waals surface area contributed by atoms with Crippen LogP contribution >= 0.6 is 12.4 Å². The van der Waals surface area contributed by atoms with Crippen molar-refractivity contribution in [3.05, 3.63) is 35.4 Å². The van der Waals surface area contributed by atoms with Crippen LogP contribution in [0.2, 0.25) is 0 Å². The summed E-state index contributed by atoms with van der Waals surface area (Å²) in [6, 6.07) is 8.76. The summed E-state index contributed by atoms with van der Waals surface area (Å²) in [6.07, 6.45) is 2.23. The second-order valence-corrected chi connectivity index (χ2v) is 4.21. The van der Waals surface area contributed by atoms with Crippen molar-refractivity contribution < 1.29 is 4.74 Å². The fourth-order valence-electron chi connectivity index (χ4n) is 2.67. The Hall–Kier alpha value is -0.570. The van der Waals surface area contributed by atoms with Crippen molar-refractivity contribution in [3.8, 4) is 0 Å². The third-order valence-corrected chi connectivity index (χ3v) is 3.50. The molecule has 0 bridgehead atoms. The summed E-state index contributed by atoms with van der Waals surface area (Å²) in [5.74, 6) is 0. The number of rotatable bonds is 0. The van der Waals surface area contributed by atoms with Gasteiger partial charge in [0.05, 0.1) is 0 Å². The molecule has 15 heavy (non-hydrogen) atoms. The van der Waals surface area contributed by atoms with Gasteiger partial charge in [-0.25, -0.2) is 0 Å². The van der Waals surface area contributed by atoms with E-state index in [1.54, 1.807) is 0 Å². The molecular formula is C12H16ClNO. The Morgan fingerprint density at radius 3 is 2.67 bits per heavy atom. The van der Waals surface area contributed by atoms with Crippen LogP contribution in [0.1, 0.15) is 24.0 Å². The minimum Gasteiger partial charge on any atom is -0.381 e. The second kappa shape index (κ2) is 4.12. The maximum absolute atomic E-state index is 5.43. The van der Waals surface area contributed by atoms with Crippen LogP contribution < -0.4 is 5.32 Å². The van der Waals surface area contributed by atoms with Gasteiger partial charge in [0.15, 0.2) is 0 Å². The number of benzene rings is 1. The molecule has 1 saturated heterocycles. The quantitative estimate of drug-likeness (QED) is 0.731. The molecule has 2 heterocycles. The van der Waals surface area contributed by atoms with Crippen molar-refractivity contribution in [2.45, 2.75) is 24.9 Å². The van der Waals surface area contributed by atoms with E-state index in [9.17, 15) is 0 Å². The zero-order chi connectivity index (χ0) is 9.43. The molecule has 0 radical (unpaired) electrons. The molecule has 2 aliphatic heterocycles. The van der Waals surface area contributed by atoms with E-state index in [2.05, 4.69) is 29.6 Å². The first-order valence-corrected chi connectivity index (χ1v) is 5.32. The zero-order valence-electron chi connectivity index (χ0n) is 8.66. The first-order valence-electron chi connectivity index (χ1n) is 5.32. The highest BCUT2D eigenvalue weighted by atomic mass is 35.5. The third kappa shape index (κ3) is 1.67. The lowest BCUT2D eigenvalue weighted by Crippen LogP contribution is -2.41. The topological polar surface area (TPSA) is 21.3 Å². The van der Waals surface area contributed by atoms with E-state index >= 15 is 0 Å². The Kier molecular flexibility index (Phi) is 3.01. The molecule has 0 saturated carbocycles. The van der Waals surface area contributed by atoms with Crippen molar-refractivity contribution in [1.29, 1.82) is 0 Å². The lowest BCUT2D eigenvalue weighted by atomic mass is 9.84. The second-order valence-electron chi connectivity index (χ2n) is 4.21. The van der Waals surface area contributed by atoms with Crippen LogP contribution in [-0.4, -0.2) is 13.2 Å². The molecule has 3 heteroatoms. The van der Waals surface area contributed by atoms with Crippen LogP contribution in [0.5, 0.6) is 0 Å². The highest BCUT2D eigenvalue weighted by Gasteiger charge is 2.39. The Morgan fingerprint density at radius 1 is 1.13 bits per heavy atom. The van der Waals surface area contributed by atoms with E-state index in [1.807, 2.05) is 0 Å². The van der Waals surface area contributed by atoms with Gasteiger partial charge in [-0.1, -0.05) is 24.3 Å². The predicted octanol–water partition coefficient (Wildman–Crippen LogP) is 2.22. The normalized spacial score (nSPS) is 22.1. The van der Waals surface area contributed by atoms with Gasteiger partial charge in [0.2, 0.25) is 0 Å². The van der Waals surface area contributed by atoms with Crippen molar-refractivity contribution in [3.63, 3.8) is 0 Å². The minimum atomic E-state index is 0. The number of halogens is 1. The molecule has 0 amide bonds. The van der Waals surface area contributed by atoms with Gasteiger partial charge in [-0.2, -0.15) is 0 Å². The van der Waals surface area contributed by atoms with Crippen molar-refractivity contribution in [2.24, 2.45) is 0 Å². The molecule has 0 aliphatic carbocycles. The van der Waals surface area contributed by atoms with Gasteiger partial charge in [0.25, 0.3) is 0 Å². The lowest BCUT2D eigenvalue weighted by molar-refractivity contribution is 0.0408. The van der Waals surface area contributed by atoms with Crippen LogP contribution in [0, 0.1) is 0 Å². The van der Waals surface area contributed by atoms with Gasteiger partial charge in [-0.15, -0.1) is 12.4 Å². The van der Waals surface area contributed by atoms with Crippen molar-refractivity contribution in [1.82, 2.24) is 5.32 Å². The fraction of sp³-hybridized carbons (Fsp3) is 0.500. The van der Waals surface area contributed by atoms with E-state index in [-0.39, 0.29) is 17.9 Å². The average Bonchev–Trinajstić information content (AvgIpc) is 2.60. The zero-order valence-corrected chi connectivity index (χ0v) is 9.48. The highest BCUT2D eigenvalue weighted by molar-refractivity contribution is 5.85. The van der Waals surface area contributed by atoms with Gasteiger partial charge >= 0.3 is 0 Å². The van der Waals surface area contributed by atoms with E-state index in [0.717, 1.165) is 32.6 Å². The number of hydrogen-bond acceptors (Lipinski definition) is 2. The molecule has 3 rings (SSSR count). The molecule has 1 spiro atoms. The Balaban J connectivity index is 0.000000853. The summed E-state index contributed by atoms with van der Waals surface area (Å²) in [6.45, 7) is 2.80. The summed E-state index contributed by atoms with van der Waals surface area (Å²) in [5.41, 5.74) is 3.20. The molecule has 1 fully saturated rings. The van der Waals surface area contributed by atoms with Crippen molar-refractivity contribution in [2.75, 3.05) is 13.2 Å². The maximum atomic E-state index is 5.43. The molecule has 82 valence electrons. The summed E-state index contributed by atoms with van der Waals surface area (Å²) < 4.78 is 5.43. The molecule has 0 unspecified atom stereocenters. The molecule has 1 aromatic carbocycles. The smallest absolute Gasteiger partial charge is 0.0486 e. The summed E-state index contributed by atoms with van der Waals surface area (Å²) in [5, 5.41) is 3.66. The molecule has 0 atom stereocenters. The molecule has 0 aromatic heterocycles. The number of nitrogens with one attached hydrogen (secondary N) is 1. The number of ether oxygens (including phenoxy) is 1. The van der Waals surface area contributed by atoms with Crippen LogP contribution in [0.15, 0.2) is 24.3 Å². The van der Waals surface area contributed by atoms with Crippen LogP contribution in [0.3, 0.4) is 0 Å². The number of fused-ring (bicyclic) bond motifs is 2. The average molecular weight is 226 g/mol. The first kappa shape index (κ1) is 10.9. The van der Waals surface area contributed by atoms with Crippen LogP contribution in [0.25, 0.3) is 0 Å². The van der Waals surface area contributed by atoms with E-state index < -0.39 is 0 Å². The Morgan fingerprint density at radius 2 is 1.87 bits per heavy atom. The largest absolute Gasteiger partial charge is 0.381 e. The van der Waals surface area contributed by atoms with Gasteiger partial charge in [0, 0.05) is 25.3 Å². The maximum Gasteiger partial charge on any atom is 0.0486 e. The molecule has 2 nitrogen and oxygen atoms in total. The summed E-state index contributed by atoms with van der Waals surface area (Å²) in [7, 11) is 0. The third-order valence-electron chi connectivity index (χ3n) is 3.50. The lowest BCUT2D eigenvalue weighted by Gasteiger charge is -2.34. The molecule has 1 aromatic rings. The Labute approximate surface area is 96.4 Å². The van der Waals surface area contributed by atoms with E-state index in [0.29, 0.717) is 0 Å². The van der Waals surface area contributed by atoms with Crippen LogP contribution in [-0.2, 0) is 16.8 Å². The van der Waals surface area contributed by atoms with Crippen molar-refractivity contribution >= 4 is 12.4 Å². The fourth-order valence-corrected chi connectivity index (χ4v) is 2.67. The van der Waals surface area contributed by atoms with E-state index in [1.165, 1.54) is 11.1 Å². The Bertz CT molecular complexity index is 342. The number of hydrogen-bond donors (Lipinski definition) is 1. The van der Waals surface area contributed by atoms with Gasteiger partial charge in [0.1, 0.15) is 0 Å². The van der Waals surface area contributed by atoms with E-state index in [4.69, 9.17) is 4.74 Å². The van der Waals surface area contributed by atoms with Crippen LogP contribution in [0.4, 0.5) is 0 Å². The molecular weight excluding hydrogens is 210 g/mol. The SMILES string of the molecule is Cl.c1ccc2c(c1)CNC21CCOCC1. The van der Waals surface area contributed by atoms with Gasteiger partial charge in [-0.05, 0) is 24.0 Å². The van der Waals surface area contributed by atoms with Gasteiger partial charge in [-0.3, -0.25) is 0 Å². The summed E-state index contributed by atoms with van der Waals surface area (Å²) >= 11 is 0. The minimum absolute atomic E-state index is 0.